The number of rotatable bonds is 7. The van der Waals surface area contributed by atoms with E-state index in [9.17, 15) is 21.6 Å². The van der Waals surface area contributed by atoms with Gasteiger partial charge in [-0.25, -0.2) is 0 Å². The quantitative estimate of drug-likeness (QED) is 0.340. The highest BCUT2D eigenvalue weighted by atomic mass is 32.2. The van der Waals surface area contributed by atoms with Gasteiger partial charge in [-0.15, -0.1) is 0 Å². The zero-order chi connectivity index (χ0) is 20.4. The first-order valence-electron chi connectivity index (χ1n) is 8.44. The van der Waals surface area contributed by atoms with Crippen LogP contribution in [0.4, 0.5) is 13.2 Å². The van der Waals surface area contributed by atoms with Crippen molar-refractivity contribution in [3.8, 4) is 0 Å². The second kappa shape index (κ2) is 7.81. The molecule has 0 N–H and O–H groups in total. The molecule has 0 saturated carbocycles. The highest BCUT2D eigenvalue weighted by Crippen LogP contribution is 2.39. The molecule has 0 aliphatic heterocycles. The first kappa shape index (κ1) is 23.5. The molecular weight excluding hydrogens is 389 g/mol. The Labute approximate surface area is 155 Å². The van der Waals surface area contributed by atoms with Crippen molar-refractivity contribution in [2.45, 2.75) is 75.7 Å². The molecule has 154 valence electrons. The van der Waals surface area contributed by atoms with Crippen LogP contribution in [0.15, 0.2) is 11.8 Å². The standard InChI is InChI=1S/C16H29F3O5SSi/c1-14(2,3)26(5,6)23-12-11-15(22-4)9-7-13(8-10-15)24-25(20,21)16(17,18)19/h7H,8-12H2,1-6H3. The molecule has 1 atom stereocenters. The summed E-state index contributed by atoms with van der Waals surface area (Å²) in [5.41, 5.74) is -6.02. The number of allylic oxidation sites excluding steroid dienone is 1. The van der Waals surface area contributed by atoms with Gasteiger partial charge in [0.25, 0.3) is 0 Å². The van der Waals surface area contributed by atoms with E-state index in [-0.39, 0.29) is 23.6 Å². The van der Waals surface area contributed by atoms with Gasteiger partial charge in [0.05, 0.1) is 5.60 Å². The summed E-state index contributed by atoms with van der Waals surface area (Å²) in [6, 6.07) is 0. The lowest BCUT2D eigenvalue weighted by atomic mass is 9.85. The summed E-state index contributed by atoms with van der Waals surface area (Å²) < 4.78 is 75.3. The van der Waals surface area contributed by atoms with Crippen LogP contribution in [0.3, 0.4) is 0 Å². The maximum atomic E-state index is 12.4. The van der Waals surface area contributed by atoms with E-state index in [4.69, 9.17) is 9.16 Å². The summed E-state index contributed by atoms with van der Waals surface area (Å²) in [7, 11) is -5.98. The molecule has 0 aromatic carbocycles. The van der Waals surface area contributed by atoms with Crippen LogP contribution in [-0.2, 0) is 23.5 Å². The Morgan fingerprint density at radius 3 is 2.19 bits per heavy atom. The molecule has 1 unspecified atom stereocenters. The van der Waals surface area contributed by atoms with Gasteiger partial charge in [-0.05, 0) is 43.5 Å². The summed E-state index contributed by atoms with van der Waals surface area (Å²) >= 11 is 0. The molecule has 5 nitrogen and oxygen atoms in total. The molecule has 26 heavy (non-hydrogen) atoms. The van der Waals surface area contributed by atoms with Gasteiger partial charge in [0.15, 0.2) is 8.32 Å². The molecule has 0 radical (unpaired) electrons. The minimum absolute atomic E-state index is 0.0588. The molecule has 1 aliphatic carbocycles. The smallest absolute Gasteiger partial charge is 0.417 e. The zero-order valence-electron chi connectivity index (χ0n) is 16.2. The van der Waals surface area contributed by atoms with E-state index in [0.717, 1.165) is 0 Å². The second-order valence-corrected chi connectivity index (χ2v) is 14.5. The highest BCUT2D eigenvalue weighted by Gasteiger charge is 2.49. The fraction of sp³-hybridized carbons (Fsp3) is 0.875. The molecule has 0 amide bonds. The average Bonchev–Trinajstić information content (AvgIpc) is 2.46. The Morgan fingerprint density at radius 1 is 1.23 bits per heavy atom. The predicted molar refractivity (Wildman–Crippen MR) is 95.5 cm³/mol. The highest BCUT2D eigenvalue weighted by molar-refractivity contribution is 7.87. The van der Waals surface area contributed by atoms with E-state index in [0.29, 0.717) is 19.4 Å². The first-order valence-corrected chi connectivity index (χ1v) is 12.8. The Kier molecular flexibility index (Phi) is 7.04. The van der Waals surface area contributed by atoms with Crippen LogP contribution in [0.1, 0.15) is 46.5 Å². The van der Waals surface area contributed by atoms with E-state index in [1.165, 1.54) is 6.08 Å². The number of alkyl halides is 3. The molecule has 0 saturated heterocycles. The van der Waals surface area contributed by atoms with Crippen molar-refractivity contribution < 1.29 is 34.9 Å². The van der Waals surface area contributed by atoms with Crippen molar-refractivity contribution >= 4 is 18.4 Å². The molecule has 0 aromatic heterocycles. The van der Waals surface area contributed by atoms with E-state index >= 15 is 0 Å². The van der Waals surface area contributed by atoms with Crippen LogP contribution in [-0.4, -0.2) is 41.6 Å². The number of halogens is 3. The van der Waals surface area contributed by atoms with Crippen molar-refractivity contribution in [3.63, 3.8) is 0 Å². The number of ether oxygens (including phenoxy) is 1. The summed E-state index contributed by atoms with van der Waals surface area (Å²) in [4.78, 5) is 0. The maximum Gasteiger partial charge on any atom is 0.534 e. The van der Waals surface area contributed by atoms with Crippen molar-refractivity contribution in [3.05, 3.63) is 11.8 Å². The molecule has 0 heterocycles. The third-order valence-electron chi connectivity index (χ3n) is 5.29. The molecule has 0 aromatic rings. The van der Waals surface area contributed by atoms with E-state index in [1.807, 2.05) is 0 Å². The van der Waals surface area contributed by atoms with Crippen LogP contribution in [0.2, 0.25) is 18.1 Å². The third-order valence-corrected chi connectivity index (χ3v) is 10.8. The van der Waals surface area contributed by atoms with E-state index in [2.05, 4.69) is 38.0 Å². The Bertz CT molecular complexity index is 623. The van der Waals surface area contributed by atoms with Crippen LogP contribution in [0, 0.1) is 0 Å². The number of methoxy groups -OCH3 is 1. The molecule has 0 bridgehead atoms. The van der Waals surface area contributed by atoms with Crippen molar-refractivity contribution in [1.29, 1.82) is 0 Å². The molecule has 0 fully saturated rings. The predicted octanol–water partition coefficient (Wildman–Crippen LogP) is 4.72. The fourth-order valence-corrected chi connectivity index (χ4v) is 3.92. The van der Waals surface area contributed by atoms with Gasteiger partial charge in [-0.1, -0.05) is 20.8 Å². The summed E-state index contributed by atoms with van der Waals surface area (Å²) in [6.07, 6.45) is 2.63. The van der Waals surface area contributed by atoms with Gasteiger partial charge in [0, 0.05) is 20.1 Å². The summed E-state index contributed by atoms with van der Waals surface area (Å²) in [5, 5.41) is 0.0761. The average molecular weight is 419 g/mol. The SMILES string of the molecule is COC1(CCO[Si](C)(C)C(C)(C)C)CC=C(OS(=O)(=O)C(F)(F)F)CC1. The summed E-state index contributed by atoms with van der Waals surface area (Å²) in [6.45, 7) is 11.2. The molecule has 0 spiro atoms. The third kappa shape index (κ3) is 5.70. The van der Waals surface area contributed by atoms with Crippen LogP contribution < -0.4 is 0 Å². The van der Waals surface area contributed by atoms with Gasteiger partial charge in [-0.2, -0.15) is 21.6 Å². The van der Waals surface area contributed by atoms with Crippen LogP contribution >= 0.6 is 0 Å². The first-order chi connectivity index (χ1) is 11.6. The van der Waals surface area contributed by atoms with Crippen LogP contribution in [0.5, 0.6) is 0 Å². The molecule has 10 heteroatoms. The van der Waals surface area contributed by atoms with Gasteiger partial charge in [0.1, 0.15) is 5.76 Å². The molecule has 1 rings (SSSR count). The number of hydrogen-bond donors (Lipinski definition) is 0. The topological polar surface area (TPSA) is 61.8 Å². The lowest BCUT2D eigenvalue weighted by molar-refractivity contribution is -0.0543. The van der Waals surface area contributed by atoms with Gasteiger partial charge in [0.2, 0.25) is 0 Å². The lowest BCUT2D eigenvalue weighted by Gasteiger charge is -2.39. The van der Waals surface area contributed by atoms with Gasteiger partial charge in [-0.3, -0.25) is 0 Å². The fourth-order valence-electron chi connectivity index (χ4n) is 2.34. The van der Waals surface area contributed by atoms with Crippen LogP contribution in [0.25, 0.3) is 0 Å². The second-order valence-electron chi connectivity index (χ2n) is 8.10. The lowest BCUT2D eigenvalue weighted by Crippen LogP contribution is -2.43. The normalized spacial score (nSPS) is 22.9. The van der Waals surface area contributed by atoms with Crippen molar-refractivity contribution in [1.82, 2.24) is 0 Å². The van der Waals surface area contributed by atoms with Crippen molar-refractivity contribution in [2.75, 3.05) is 13.7 Å². The minimum atomic E-state index is -5.62. The minimum Gasteiger partial charge on any atom is -0.417 e. The summed E-state index contributed by atoms with van der Waals surface area (Å²) in [5.74, 6) is -0.194. The monoisotopic (exact) mass is 418 g/mol. The largest absolute Gasteiger partial charge is 0.534 e. The molecular formula is C16H29F3O5SSi. The Morgan fingerprint density at radius 2 is 1.81 bits per heavy atom. The zero-order valence-corrected chi connectivity index (χ0v) is 18.0. The van der Waals surface area contributed by atoms with Gasteiger partial charge >= 0.3 is 15.6 Å². The van der Waals surface area contributed by atoms with Gasteiger partial charge < -0.3 is 13.3 Å². The maximum absolute atomic E-state index is 12.4. The Balaban J connectivity index is 2.70. The van der Waals surface area contributed by atoms with E-state index < -0.39 is 29.5 Å². The Hall–Kier alpha value is -0.583. The molecule has 1 aliphatic rings. The number of hydrogen-bond acceptors (Lipinski definition) is 5. The van der Waals surface area contributed by atoms with E-state index in [1.54, 1.807) is 7.11 Å². The van der Waals surface area contributed by atoms with Crippen molar-refractivity contribution in [2.24, 2.45) is 0 Å².